The van der Waals surface area contributed by atoms with Gasteiger partial charge in [0, 0.05) is 69.7 Å². The van der Waals surface area contributed by atoms with Crippen LogP contribution in [-0.2, 0) is 0 Å². The van der Waals surface area contributed by atoms with Crippen LogP contribution in [0, 0.1) is 12.8 Å². The summed E-state index contributed by atoms with van der Waals surface area (Å²) in [6, 6.07) is 3.62. The number of piperidine rings is 1. The van der Waals surface area contributed by atoms with Gasteiger partial charge in [-0.15, -0.1) is 0 Å². The van der Waals surface area contributed by atoms with E-state index in [-0.39, 0.29) is 11.8 Å². The van der Waals surface area contributed by atoms with Crippen LogP contribution in [0.15, 0.2) is 24.5 Å². The molecular weight excluding hydrogens is 436 g/mol. The SMILES string of the molecule is CNc1cc2c(c(C(=O)NC[C@@H]3CCN(CCNc4nccnc4C)C[C@H]3O)c1)OCCCO2. The maximum atomic E-state index is 13.0. The van der Waals surface area contributed by atoms with Gasteiger partial charge >= 0.3 is 0 Å². The number of aliphatic hydroxyl groups excluding tert-OH is 1. The van der Waals surface area contributed by atoms with Gasteiger partial charge in [0.15, 0.2) is 11.5 Å². The molecule has 0 radical (unpaired) electrons. The Morgan fingerprint density at radius 1 is 1.24 bits per heavy atom. The van der Waals surface area contributed by atoms with Crippen LogP contribution in [0.4, 0.5) is 11.5 Å². The Morgan fingerprint density at radius 2 is 2.06 bits per heavy atom. The summed E-state index contributed by atoms with van der Waals surface area (Å²) in [5, 5.41) is 20.1. The van der Waals surface area contributed by atoms with Crippen LogP contribution in [0.25, 0.3) is 0 Å². The molecule has 4 rings (SSSR count). The molecule has 2 aromatic rings. The average Bonchev–Trinajstić information content (AvgIpc) is 3.09. The predicted octanol–water partition coefficient (Wildman–Crippen LogP) is 1.51. The third kappa shape index (κ3) is 5.87. The van der Waals surface area contributed by atoms with Crippen molar-refractivity contribution in [2.75, 3.05) is 63.6 Å². The molecule has 0 aliphatic carbocycles. The van der Waals surface area contributed by atoms with Gasteiger partial charge in [-0.3, -0.25) is 14.7 Å². The van der Waals surface area contributed by atoms with Gasteiger partial charge in [-0.05, 0) is 26.0 Å². The molecule has 4 N–H and O–H groups in total. The lowest BCUT2D eigenvalue weighted by atomic mass is 9.93. The molecule has 1 fully saturated rings. The molecule has 1 saturated heterocycles. The van der Waals surface area contributed by atoms with E-state index in [0.29, 0.717) is 43.4 Å². The summed E-state index contributed by atoms with van der Waals surface area (Å²) in [6.45, 7) is 6.35. The summed E-state index contributed by atoms with van der Waals surface area (Å²) < 4.78 is 11.6. The van der Waals surface area contributed by atoms with E-state index in [1.54, 1.807) is 25.5 Å². The van der Waals surface area contributed by atoms with E-state index in [1.165, 1.54) is 0 Å². The molecule has 1 aromatic carbocycles. The van der Waals surface area contributed by atoms with Crippen LogP contribution < -0.4 is 25.4 Å². The number of benzene rings is 1. The van der Waals surface area contributed by atoms with Gasteiger partial charge in [0.05, 0.1) is 30.6 Å². The van der Waals surface area contributed by atoms with Crippen molar-refractivity contribution >= 4 is 17.4 Å². The topological polar surface area (TPSA) is 121 Å². The zero-order valence-electron chi connectivity index (χ0n) is 19.8. The third-order valence-electron chi connectivity index (χ3n) is 6.31. The van der Waals surface area contributed by atoms with E-state index in [1.807, 2.05) is 13.0 Å². The van der Waals surface area contributed by atoms with Gasteiger partial charge < -0.3 is 30.5 Å². The van der Waals surface area contributed by atoms with Gasteiger partial charge in [-0.1, -0.05) is 0 Å². The molecule has 3 heterocycles. The summed E-state index contributed by atoms with van der Waals surface area (Å²) in [6.07, 6.45) is 4.41. The van der Waals surface area contributed by atoms with Crippen molar-refractivity contribution in [1.82, 2.24) is 20.2 Å². The van der Waals surface area contributed by atoms with Crippen LogP contribution in [-0.4, -0.2) is 85.0 Å². The molecule has 10 nitrogen and oxygen atoms in total. The largest absolute Gasteiger partial charge is 0.489 e. The van der Waals surface area contributed by atoms with Gasteiger partial charge in [-0.25, -0.2) is 4.98 Å². The Balaban J connectivity index is 1.28. The fraction of sp³-hybridized carbons (Fsp3) is 0.542. The van der Waals surface area contributed by atoms with E-state index in [0.717, 1.165) is 49.7 Å². The van der Waals surface area contributed by atoms with Crippen LogP contribution in [0.3, 0.4) is 0 Å². The molecule has 0 bridgehead atoms. The summed E-state index contributed by atoms with van der Waals surface area (Å²) >= 11 is 0. The minimum atomic E-state index is -0.507. The number of aromatic nitrogens is 2. The summed E-state index contributed by atoms with van der Waals surface area (Å²) in [5.74, 6) is 1.62. The first-order chi connectivity index (χ1) is 16.5. The van der Waals surface area contributed by atoms with E-state index >= 15 is 0 Å². The molecule has 34 heavy (non-hydrogen) atoms. The normalized spacial score (nSPS) is 20.3. The lowest BCUT2D eigenvalue weighted by molar-refractivity contribution is 0.0237. The molecule has 0 saturated carbocycles. The van der Waals surface area contributed by atoms with Crippen molar-refractivity contribution < 1.29 is 19.4 Å². The average molecular weight is 471 g/mol. The first kappa shape index (κ1) is 24.0. The monoisotopic (exact) mass is 470 g/mol. The number of likely N-dealkylation sites (tertiary alicyclic amines) is 1. The zero-order valence-corrected chi connectivity index (χ0v) is 19.8. The molecule has 2 atom stereocenters. The highest BCUT2D eigenvalue weighted by Gasteiger charge is 2.29. The van der Waals surface area contributed by atoms with Crippen molar-refractivity contribution in [3.63, 3.8) is 0 Å². The highest BCUT2D eigenvalue weighted by Crippen LogP contribution is 2.36. The third-order valence-corrected chi connectivity index (χ3v) is 6.31. The number of fused-ring (bicyclic) bond motifs is 1. The number of nitrogens with zero attached hydrogens (tertiary/aromatic N) is 3. The van der Waals surface area contributed by atoms with Crippen molar-refractivity contribution in [1.29, 1.82) is 0 Å². The molecule has 0 unspecified atom stereocenters. The molecule has 2 aliphatic rings. The second kappa shape index (κ2) is 11.3. The Kier molecular flexibility index (Phi) is 8.02. The Morgan fingerprint density at radius 3 is 2.85 bits per heavy atom. The minimum Gasteiger partial charge on any atom is -0.489 e. The number of hydrogen-bond acceptors (Lipinski definition) is 9. The number of aliphatic hydroxyl groups is 1. The maximum Gasteiger partial charge on any atom is 0.255 e. The smallest absolute Gasteiger partial charge is 0.255 e. The van der Waals surface area contributed by atoms with E-state index < -0.39 is 6.10 Å². The van der Waals surface area contributed by atoms with Crippen molar-refractivity contribution in [3.05, 3.63) is 35.8 Å². The quantitative estimate of drug-likeness (QED) is 0.455. The Hall–Kier alpha value is -3.11. The lowest BCUT2D eigenvalue weighted by Gasteiger charge is -2.36. The first-order valence-electron chi connectivity index (χ1n) is 11.9. The Bertz CT molecular complexity index is 988. The summed E-state index contributed by atoms with van der Waals surface area (Å²) in [7, 11) is 1.80. The number of amides is 1. The van der Waals surface area contributed by atoms with Crippen molar-refractivity contribution in [2.45, 2.75) is 25.9 Å². The summed E-state index contributed by atoms with van der Waals surface area (Å²) in [5.41, 5.74) is 2.10. The second-order valence-corrected chi connectivity index (χ2v) is 8.70. The van der Waals surface area contributed by atoms with E-state index in [4.69, 9.17) is 9.47 Å². The molecule has 0 spiro atoms. The van der Waals surface area contributed by atoms with Gasteiger partial charge in [0.2, 0.25) is 0 Å². The highest BCUT2D eigenvalue weighted by atomic mass is 16.5. The van der Waals surface area contributed by atoms with Gasteiger partial charge in [0.1, 0.15) is 5.82 Å². The number of ether oxygens (including phenoxy) is 2. The van der Waals surface area contributed by atoms with Crippen molar-refractivity contribution in [2.24, 2.45) is 5.92 Å². The van der Waals surface area contributed by atoms with Gasteiger partial charge in [-0.2, -0.15) is 0 Å². The number of aryl methyl sites for hydroxylation is 1. The molecule has 184 valence electrons. The number of rotatable bonds is 8. The standard InChI is InChI=1S/C24H34N6O4/c1-16-23(27-6-5-26-16)28-7-9-30-8-4-17(20(31)15-30)14-29-24(32)19-12-18(25-2)13-21-22(19)34-11-3-10-33-21/h5-6,12-13,17,20,25,31H,3-4,7-11,14-15H2,1-2H3,(H,27,28)(H,29,32)/t17-,20+/m0/s1. The predicted molar refractivity (Wildman–Crippen MR) is 130 cm³/mol. The second-order valence-electron chi connectivity index (χ2n) is 8.70. The molecule has 1 amide bonds. The van der Waals surface area contributed by atoms with Crippen LogP contribution in [0.1, 0.15) is 28.9 Å². The molecule has 2 aliphatic heterocycles. The number of carbonyl (C=O) groups excluding carboxylic acids is 1. The van der Waals surface area contributed by atoms with Crippen LogP contribution in [0.2, 0.25) is 0 Å². The first-order valence-corrected chi connectivity index (χ1v) is 11.9. The van der Waals surface area contributed by atoms with Crippen LogP contribution >= 0.6 is 0 Å². The number of anilines is 2. The Labute approximate surface area is 200 Å². The number of nitrogens with one attached hydrogen (secondary N) is 3. The van der Waals surface area contributed by atoms with Crippen LogP contribution in [0.5, 0.6) is 11.5 Å². The highest BCUT2D eigenvalue weighted by molar-refractivity contribution is 5.99. The molecule has 1 aromatic heterocycles. The lowest BCUT2D eigenvalue weighted by Crippen LogP contribution is -2.48. The van der Waals surface area contributed by atoms with Gasteiger partial charge in [0.25, 0.3) is 5.91 Å². The number of carbonyl (C=O) groups is 1. The number of hydrogen-bond donors (Lipinski definition) is 4. The molecular formula is C24H34N6O4. The van der Waals surface area contributed by atoms with E-state index in [2.05, 4.69) is 30.8 Å². The molecule has 10 heteroatoms. The zero-order chi connectivity index (χ0) is 23.9. The summed E-state index contributed by atoms with van der Waals surface area (Å²) in [4.78, 5) is 23.8. The fourth-order valence-corrected chi connectivity index (χ4v) is 4.31. The van der Waals surface area contributed by atoms with E-state index in [9.17, 15) is 9.90 Å². The fourth-order valence-electron chi connectivity index (χ4n) is 4.31. The number of β-amino-alcohol motifs (C(OH)–C–C–N with tert-alkyl or cyclic N) is 1. The minimum absolute atomic E-state index is 0.00125. The maximum absolute atomic E-state index is 13.0. The van der Waals surface area contributed by atoms with Crippen molar-refractivity contribution in [3.8, 4) is 11.5 Å².